The van der Waals surface area contributed by atoms with Gasteiger partial charge in [-0.3, -0.25) is 0 Å². The quantitative estimate of drug-likeness (QED) is 0.861. The SMILES string of the molecule is CC1CCC(NCc2c(Cl)oc3ccccc23)CC1C. The number of benzene rings is 1. The van der Waals surface area contributed by atoms with Crippen LogP contribution in [0.4, 0.5) is 0 Å². The fourth-order valence-electron chi connectivity index (χ4n) is 3.21. The summed E-state index contributed by atoms with van der Waals surface area (Å²) in [5, 5.41) is 5.31. The summed E-state index contributed by atoms with van der Waals surface area (Å²) in [6.45, 7) is 5.52. The van der Waals surface area contributed by atoms with Gasteiger partial charge in [0.25, 0.3) is 0 Å². The van der Waals surface area contributed by atoms with E-state index < -0.39 is 0 Å². The highest BCUT2D eigenvalue weighted by molar-refractivity contribution is 6.30. The van der Waals surface area contributed by atoms with Crippen LogP contribution in [-0.4, -0.2) is 6.04 Å². The molecule has 3 heteroatoms. The Morgan fingerprint density at radius 1 is 1.20 bits per heavy atom. The van der Waals surface area contributed by atoms with Gasteiger partial charge in [0.05, 0.1) is 0 Å². The van der Waals surface area contributed by atoms with E-state index in [2.05, 4.69) is 25.2 Å². The molecule has 1 fully saturated rings. The maximum Gasteiger partial charge on any atom is 0.199 e. The van der Waals surface area contributed by atoms with Gasteiger partial charge in [-0.1, -0.05) is 32.0 Å². The Kier molecular flexibility index (Phi) is 4.04. The van der Waals surface area contributed by atoms with Crippen molar-refractivity contribution >= 4 is 22.6 Å². The maximum atomic E-state index is 6.23. The maximum absolute atomic E-state index is 6.23. The molecule has 2 nitrogen and oxygen atoms in total. The highest BCUT2D eigenvalue weighted by Gasteiger charge is 2.24. The standard InChI is InChI=1S/C17H22ClNO/c1-11-7-8-13(9-12(11)2)19-10-15-14-5-3-4-6-16(14)20-17(15)18/h3-6,11-13,19H,7-10H2,1-2H3. The van der Waals surface area contributed by atoms with Crippen molar-refractivity contribution in [3.8, 4) is 0 Å². The molecule has 3 rings (SSSR count). The second-order valence-corrected chi connectivity index (χ2v) is 6.54. The fraction of sp³-hybridized carbons (Fsp3) is 0.529. The van der Waals surface area contributed by atoms with Gasteiger partial charge in [0.2, 0.25) is 0 Å². The summed E-state index contributed by atoms with van der Waals surface area (Å²) >= 11 is 6.23. The fourth-order valence-corrected chi connectivity index (χ4v) is 3.46. The average molecular weight is 292 g/mol. The minimum absolute atomic E-state index is 0.524. The third-order valence-corrected chi connectivity index (χ3v) is 5.12. The molecule has 1 aromatic carbocycles. The largest absolute Gasteiger partial charge is 0.444 e. The normalized spacial score (nSPS) is 27.1. The third kappa shape index (κ3) is 2.72. The molecule has 108 valence electrons. The van der Waals surface area contributed by atoms with Crippen molar-refractivity contribution in [2.75, 3.05) is 0 Å². The first kappa shape index (κ1) is 14.0. The molecule has 3 atom stereocenters. The monoisotopic (exact) mass is 291 g/mol. The van der Waals surface area contributed by atoms with Gasteiger partial charge in [0.1, 0.15) is 5.58 Å². The molecule has 1 aliphatic rings. The third-order valence-electron chi connectivity index (χ3n) is 4.81. The van der Waals surface area contributed by atoms with E-state index in [4.69, 9.17) is 16.0 Å². The second kappa shape index (κ2) is 5.79. The Morgan fingerprint density at radius 3 is 2.80 bits per heavy atom. The van der Waals surface area contributed by atoms with E-state index in [0.29, 0.717) is 11.3 Å². The zero-order valence-corrected chi connectivity index (χ0v) is 12.9. The predicted molar refractivity (Wildman–Crippen MR) is 84.0 cm³/mol. The van der Waals surface area contributed by atoms with E-state index in [1.165, 1.54) is 19.3 Å². The summed E-state index contributed by atoms with van der Waals surface area (Å²) in [7, 11) is 0. The minimum atomic E-state index is 0.524. The van der Waals surface area contributed by atoms with Crippen LogP contribution in [0, 0.1) is 11.8 Å². The van der Waals surface area contributed by atoms with Crippen LogP contribution in [-0.2, 0) is 6.54 Å². The molecule has 1 aliphatic carbocycles. The van der Waals surface area contributed by atoms with Gasteiger partial charge in [-0.2, -0.15) is 0 Å². The minimum Gasteiger partial charge on any atom is -0.444 e. The van der Waals surface area contributed by atoms with Crippen molar-refractivity contribution in [3.05, 3.63) is 35.0 Å². The topological polar surface area (TPSA) is 25.2 Å². The lowest BCUT2D eigenvalue weighted by Crippen LogP contribution is -2.35. The van der Waals surface area contributed by atoms with Crippen molar-refractivity contribution in [3.63, 3.8) is 0 Å². The second-order valence-electron chi connectivity index (χ2n) is 6.20. The van der Waals surface area contributed by atoms with Crippen LogP contribution in [0.25, 0.3) is 11.0 Å². The molecular weight excluding hydrogens is 270 g/mol. The molecule has 1 heterocycles. The van der Waals surface area contributed by atoms with Gasteiger partial charge in [-0.15, -0.1) is 0 Å². The summed E-state index contributed by atoms with van der Waals surface area (Å²) in [4.78, 5) is 0. The van der Waals surface area contributed by atoms with Crippen molar-refractivity contribution in [1.82, 2.24) is 5.32 Å². The number of halogens is 1. The number of nitrogens with one attached hydrogen (secondary N) is 1. The molecule has 0 aliphatic heterocycles. The molecule has 0 bridgehead atoms. The van der Waals surface area contributed by atoms with Gasteiger partial charge in [0.15, 0.2) is 5.22 Å². The highest BCUT2D eigenvalue weighted by Crippen LogP contribution is 2.32. The van der Waals surface area contributed by atoms with Crippen LogP contribution in [0.1, 0.15) is 38.7 Å². The van der Waals surface area contributed by atoms with Crippen LogP contribution in [0.2, 0.25) is 5.22 Å². The molecule has 1 N–H and O–H groups in total. The Hall–Kier alpha value is -0.990. The van der Waals surface area contributed by atoms with E-state index in [0.717, 1.165) is 34.9 Å². The molecule has 2 aromatic rings. The lowest BCUT2D eigenvalue weighted by atomic mass is 9.79. The average Bonchev–Trinajstić information content (AvgIpc) is 2.76. The van der Waals surface area contributed by atoms with Crippen molar-refractivity contribution in [2.24, 2.45) is 11.8 Å². The lowest BCUT2D eigenvalue weighted by molar-refractivity contribution is 0.225. The number of fused-ring (bicyclic) bond motifs is 1. The number of hydrogen-bond donors (Lipinski definition) is 1. The molecule has 0 spiro atoms. The van der Waals surface area contributed by atoms with E-state index in [-0.39, 0.29) is 0 Å². The zero-order chi connectivity index (χ0) is 14.1. The molecular formula is C17H22ClNO. The molecule has 0 saturated heterocycles. The van der Waals surface area contributed by atoms with Gasteiger partial charge in [-0.05, 0) is 48.8 Å². The molecule has 0 amide bonds. The van der Waals surface area contributed by atoms with E-state index >= 15 is 0 Å². The zero-order valence-electron chi connectivity index (χ0n) is 12.2. The number of furan rings is 1. The Labute approximate surface area is 125 Å². The molecule has 3 unspecified atom stereocenters. The van der Waals surface area contributed by atoms with Crippen LogP contribution in [0.15, 0.2) is 28.7 Å². The summed E-state index contributed by atoms with van der Waals surface area (Å²) < 4.78 is 5.60. The number of hydrogen-bond acceptors (Lipinski definition) is 2. The summed E-state index contributed by atoms with van der Waals surface area (Å²) in [6, 6.07) is 8.65. The first-order chi connectivity index (χ1) is 9.65. The van der Waals surface area contributed by atoms with E-state index in [9.17, 15) is 0 Å². The molecule has 0 radical (unpaired) electrons. The first-order valence-electron chi connectivity index (χ1n) is 7.54. The molecule has 20 heavy (non-hydrogen) atoms. The Bertz CT molecular complexity index is 592. The van der Waals surface area contributed by atoms with E-state index in [1.807, 2.05) is 18.2 Å². The highest BCUT2D eigenvalue weighted by atomic mass is 35.5. The molecule has 1 saturated carbocycles. The van der Waals surface area contributed by atoms with Crippen molar-refractivity contribution < 1.29 is 4.42 Å². The van der Waals surface area contributed by atoms with Gasteiger partial charge < -0.3 is 9.73 Å². The van der Waals surface area contributed by atoms with Gasteiger partial charge in [0, 0.05) is 23.5 Å². The summed E-state index contributed by atoms with van der Waals surface area (Å²) in [5.74, 6) is 1.66. The Balaban J connectivity index is 1.70. The first-order valence-corrected chi connectivity index (χ1v) is 7.92. The summed E-state index contributed by atoms with van der Waals surface area (Å²) in [6.07, 6.45) is 3.84. The predicted octanol–water partition coefficient (Wildman–Crippen LogP) is 5.00. The Morgan fingerprint density at radius 2 is 2.00 bits per heavy atom. The van der Waals surface area contributed by atoms with Gasteiger partial charge in [-0.25, -0.2) is 0 Å². The van der Waals surface area contributed by atoms with Crippen LogP contribution >= 0.6 is 11.6 Å². The number of para-hydroxylation sites is 1. The van der Waals surface area contributed by atoms with Crippen molar-refractivity contribution in [1.29, 1.82) is 0 Å². The van der Waals surface area contributed by atoms with Crippen LogP contribution in [0.5, 0.6) is 0 Å². The van der Waals surface area contributed by atoms with Crippen LogP contribution < -0.4 is 5.32 Å². The smallest absolute Gasteiger partial charge is 0.199 e. The van der Waals surface area contributed by atoms with Gasteiger partial charge >= 0.3 is 0 Å². The van der Waals surface area contributed by atoms with E-state index in [1.54, 1.807) is 0 Å². The summed E-state index contributed by atoms with van der Waals surface area (Å²) in [5.41, 5.74) is 1.97. The number of rotatable bonds is 3. The lowest BCUT2D eigenvalue weighted by Gasteiger charge is -2.32. The van der Waals surface area contributed by atoms with Crippen molar-refractivity contribution in [2.45, 2.75) is 45.7 Å². The van der Waals surface area contributed by atoms with Crippen LogP contribution in [0.3, 0.4) is 0 Å². The molecule has 1 aromatic heterocycles.